The van der Waals surface area contributed by atoms with Crippen molar-refractivity contribution in [2.75, 3.05) is 45.7 Å². The highest BCUT2D eigenvalue weighted by Crippen LogP contribution is 2.35. The molecule has 2 heterocycles. The molecule has 0 aliphatic heterocycles. The van der Waals surface area contributed by atoms with E-state index in [0.29, 0.717) is 13.1 Å². The quantitative estimate of drug-likeness (QED) is 0.0628. The van der Waals surface area contributed by atoms with Crippen molar-refractivity contribution in [1.82, 2.24) is 10.6 Å². The molecule has 0 spiro atoms. The predicted molar refractivity (Wildman–Crippen MR) is 194 cm³/mol. The zero-order valence-electron chi connectivity index (χ0n) is 29.4. The molecule has 0 aliphatic rings. The molecule has 0 saturated heterocycles. The van der Waals surface area contributed by atoms with Crippen LogP contribution in [0.4, 0.5) is 26.0 Å². The lowest BCUT2D eigenvalue weighted by atomic mass is 10.2. The Morgan fingerprint density at radius 3 is 1.57 bits per heavy atom. The Morgan fingerprint density at radius 2 is 1.18 bits per heavy atom. The van der Waals surface area contributed by atoms with Gasteiger partial charge in [0.2, 0.25) is 0 Å². The fourth-order valence-electron chi connectivity index (χ4n) is 2.94. The molecule has 0 bridgehead atoms. The van der Waals surface area contributed by atoms with E-state index in [9.17, 15) is 39.4 Å². The van der Waals surface area contributed by atoms with E-state index in [1.54, 1.807) is 45.1 Å². The van der Waals surface area contributed by atoms with E-state index in [1.807, 2.05) is 20.8 Å². The third kappa shape index (κ3) is 20.5. The molecule has 0 aliphatic carbocycles. The molecule has 2 rings (SSSR count). The number of rotatable bonds is 12. The first kappa shape index (κ1) is 46.2. The number of amides is 2. The Labute approximate surface area is 307 Å². The number of methoxy groups -OCH3 is 2. The lowest BCUT2D eigenvalue weighted by Gasteiger charge is -2.19. The Balaban J connectivity index is 0.000000810. The van der Waals surface area contributed by atoms with Crippen molar-refractivity contribution in [2.24, 2.45) is 5.73 Å². The first-order chi connectivity index (χ1) is 23.6. The topological polar surface area (TPSA) is 254 Å². The summed E-state index contributed by atoms with van der Waals surface area (Å²) in [5, 5.41) is 29.6. The fourth-order valence-corrected chi connectivity index (χ4v) is 5.03. The smallest absolute Gasteiger partial charge is 0.407 e. The van der Waals surface area contributed by atoms with Crippen molar-refractivity contribution in [1.29, 1.82) is 0 Å². The highest BCUT2D eigenvalue weighted by Gasteiger charge is 2.23. The van der Waals surface area contributed by atoms with Crippen LogP contribution in [-0.2, 0) is 18.9 Å². The van der Waals surface area contributed by atoms with Gasteiger partial charge in [0.25, 0.3) is 5.69 Å². The van der Waals surface area contributed by atoms with E-state index in [0.717, 1.165) is 28.7 Å². The van der Waals surface area contributed by atoms with Crippen LogP contribution in [0.5, 0.6) is 0 Å². The van der Waals surface area contributed by atoms with Gasteiger partial charge in [0, 0.05) is 38.3 Å². The number of nitrogens with one attached hydrogen (secondary N) is 3. The number of carbonyl (C=O) groups excluding carboxylic acids is 4. The Kier molecular flexibility index (Phi) is 20.7. The van der Waals surface area contributed by atoms with Gasteiger partial charge in [0.1, 0.15) is 21.0 Å². The summed E-state index contributed by atoms with van der Waals surface area (Å²) in [4.78, 5) is 65.2. The summed E-state index contributed by atoms with van der Waals surface area (Å²) in [6.07, 6.45) is 5.99. The van der Waals surface area contributed by atoms with Crippen molar-refractivity contribution in [2.45, 2.75) is 52.7 Å². The molecule has 284 valence electrons. The van der Waals surface area contributed by atoms with E-state index >= 15 is 0 Å². The second kappa shape index (κ2) is 22.8. The molecule has 21 heteroatoms. The van der Waals surface area contributed by atoms with Gasteiger partial charge in [-0.25, -0.2) is 19.2 Å². The van der Waals surface area contributed by atoms with Gasteiger partial charge in [-0.05, 0) is 41.5 Å². The summed E-state index contributed by atoms with van der Waals surface area (Å²) in [5.41, 5.74) is 3.75. The number of nitrogens with zero attached hydrogens (tertiary/aromatic N) is 2. The number of hydrogen-bond acceptors (Lipinski definition) is 16. The number of thiophene rings is 2. The molecule has 0 fully saturated rings. The average Bonchev–Trinajstić information content (AvgIpc) is 3.63. The van der Waals surface area contributed by atoms with Crippen molar-refractivity contribution in [3.8, 4) is 0 Å². The van der Waals surface area contributed by atoms with Crippen LogP contribution in [0.15, 0.2) is 36.4 Å². The van der Waals surface area contributed by atoms with Gasteiger partial charge in [-0.3, -0.25) is 20.2 Å². The Bertz CT molecular complexity index is 1540. The molecule has 2 amide bonds. The number of nitrogens with two attached hydrogens (primary N) is 1. The van der Waals surface area contributed by atoms with Crippen LogP contribution in [0, 0.1) is 20.2 Å². The number of esters is 2. The van der Waals surface area contributed by atoms with Crippen molar-refractivity contribution >= 4 is 74.8 Å². The van der Waals surface area contributed by atoms with Crippen molar-refractivity contribution in [3.05, 3.63) is 70.8 Å². The summed E-state index contributed by atoms with van der Waals surface area (Å²) in [7, 11) is 2.41. The van der Waals surface area contributed by atoms with Crippen LogP contribution in [0.25, 0.3) is 0 Å². The van der Waals surface area contributed by atoms with Crippen LogP contribution < -0.4 is 21.7 Å². The van der Waals surface area contributed by atoms with Crippen molar-refractivity contribution < 1.29 is 48.0 Å². The number of ether oxygens (including phenoxy) is 4. The zero-order valence-corrected chi connectivity index (χ0v) is 31.7. The number of anilines is 1. The van der Waals surface area contributed by atoms with Gasteiger partial charge >= 0.3 is 29.8 Å². The van der Waals surface area contributed by atoms with Gasteiger partial charge in [-0.1, -0.05) is 35.9 Å². The highest BCUT2D eigenvalue weighted by molar-refractivity contribution is 7.18. The van der Waals surface area contributed by atoms with Crippen molar-refractivity contribution in [3.63, 3.8) is 0 Å². The van der Waals surface area contributed by atoms with Gasteiger partial charge < -0.3 is 40.6 Å². The van der Waals surface area contributed by atoms with E-state index < -0.39 is 45.2 Å². The summed E-state index contributed by atoms with van der Waals surface area (Å²) in [5.74, 6) is -1.25. The molecule has 0 unspecified atom stereocenters. The second-order valence-electron chi connectivity index (χ2n) is 11.4. The fraction of sp³-hybridized carbons (Fsp3) is 0.467. The Morgan fingerprint density at radius 1 is 0.765 bits per heavy atom. The maximum Gasteiger partial charge on any atom is 0.407 e. The lowest BCUT2D eigenvalue weighted by molar-refractivity contribution is -0.384. The molecule has 0 aromatic carbocycles. The monoisotopic (exact) mass is 778 g/mol. The van der Waals surface area contributed by atoms with Gasteiger partial charge in [-0.15, -0.1) is 22.7 Å². The number of hydrogen-bond donors (Lipinski definition) is 4. The summed E-state index contributed by atoms with van der Waals surface area (Å²) >= 11 is 7.28. The van der Waals surface area contributed by atoms with E-state index in [2.05, 4.69) is 25.4 Å². The largest absolute Gasteiger partial charge is 0.465 e. The minimum absolute atomic E-state index is 0.0228. The van der Waals surface area contributed by atoms with Gasteiger partial charge in [0.15, 0.2) is 9.34 Å². The first-order valence-corrected chi connectivity index (χ1v) is 16.7. The molecule has 2 aromatic rings. The highest BCUT2D eigenvalue weighted by atomic mass is 35.5. The maximum absolute atomic E-state index is 11.5. The van der Waals surface area contributed by atoms with Gasteiger partial charge in [-0.2, -0.15) is 0 Å². The van der Waals surface area contributed by atoms with E-state index in [4.69, 9.17) is 26.8 Å². The van der Waals surface area contributed by atoms with Crippen LogP contribution in [0.1, 0.15) is 60.9 Å². The van der Waals surface area contributed by atoms with Crippen LogP contribution >= 0.6 is 34.3 Å². The SMILES string of the molecule is CC(C)(C)OC(=O)NC/C=C/CN.COC(=O)c1cc([N+](=O)[O-])c(Cl)s1.COC(=O)c1cc([N+](=O)[O-])c(NC/C=C/CNC(=O)OC(C)(C)C)s1. The van der Waals surface area contributed by atoms with E-state index in [-0.39, 0.29) is 43.6 Å². The summed E-state index contributed by atoms with van der Waals surface area (Å²) in [6.45, 7) is 12.2. The Hall–Kier alpha value is -4.79. The number of alkyl carbamates (subject to hydrolysis) is 2. The molecular formula is C30H43ClN6O12S2. The molecule has 0 saturated carbocycles. The molecule has 18 nitrogen and oxygen atoms in total. The standard InChI is InChI=1S/C15H21N3O6S.C9H18N2O2.C6H4ClNO4S/c1-15(2,3)24-14(20)17-8-6-5-7-16-12-10(18(21)22)9-11(25-12)13(19)23-4;1-9(2,3)13-8(12)11-7-5-4-6-10;1-12-6(9)4-2-3(8(10)11)5(7)13-4/h5-6,9,16H,7-8H2,1-4H3,(H,17,20);4-5H,6-7,10H2,1-3H3,(H,11,12);2H,1H3/b6-5+;5-4+;. The third-order valence-electron chi connectivity index (χ3n) is 4.92. The minimum atomic E-state index is -0.648. The lowest BCUT2D eigenvalue weighted by Crippen LogP contribution is -2.32. The number of carbonyl (C=O) groups is 4. The van der Waals surface area contributed by atoms with Crippen LogP contribution in [0.3, 0.4) is 0 Å². The average molecular weight is 779 g/mol. The number of halogens is 1. The predicted octanol–water partition coefficient (Wildman–Crippen LogP) is 6.06. The third-order valence-corrected chi connectivity index (χ3v) is 7.30. The molecule has 0 radical (unpaired) electrons. The minimum Gasteiger partial charge on any atom is -0.465 e. The normalized spacial score (nSPS) is 10.9. The van der Waals surface area contributed by atoms with Crippen LogP contribution in [0.2, 0.25) is 4.34 Å². The molecule has 5 N–H and O–H groups in total. The molecule has 51 heavy (non-hydrogen) atoms. The maximum atomic E-state index is 11.5. The van der Waals surface area contributed by atoms with E-state index in [1.165, 1.54) is 20.3 Å². The summed E-state index contributed by atoms with van der Waals surface area (Å²) < 4.78 is 19.0. The second-order valence-corrected chi connectivity index (χ2v) is 14.1. The van der Waals surface area contributed by atoms with Crippen LogP contribution in [-0.4, -0.2) is 85.6 Å². The summed E-state index contributed by atoms with van der Waals surface area (Å²) in [6, 6.07) is 2.27. The van der Waals surface area contributed by atoms with Gasteiger partial charge in [0.05, 0.1) is 24.1 Å². The zero-order chi connectivity index (χ0) is 39.4. The number of nitro groups is 2. The first-order valence-electron chi connectivity index (χ1n) is 14.7. The molecule has 2 aromatic heterocycles. The molecular weight excluding hydrogens is 736 g/mol. The molecule has 0 atom stereocenters.